The summed E-state index contributed by atoms with van der Waals surface area (Å²) in [5, 5.41) is 2.86. The molecule has 1 saturated carbocycles. The molecule has 5 rings (SSSR count). The average molecular weight is 419 g/mol. The van der Waals surface area contributed by atoms with Gasteiger partial charge in [0.05, 0.1) is 0 Å². The zero-order chi connectivity index (χ0) is 21.5. The third kappa shape index (κ3) is 4.07. The van der Waals surface area contributed by atoms with Gasteiger partial charge in [-0.05, 0) is 104 Å². The Morgan fingerprint density at radius 2 is 1.55 bits per heavy atom. The molecule has 0 amide bonds. The van der Waals surface area contributed by atoms with Crippen molar-refractivity contribution in [2.24, 2.45) is 16.7 Å². The molecule has 0 N–H and O–H groups in total. The minimum Gasteiger partial charge on any atom is -0.303 e. The number of nitrogens with zero attached hydrogens (tertiary/aromatic N) is 2. The van der Waals surface area contributed by atoms with E-state index in [-0.39, 0.29) is 0 Å². The molecule has 2 heterocycles. The average Bonchev–Trinajstić information content (AvgIpc) is 2.91. The maximum absolute atomic E-state index is 2.80. The molecule has 2 unspecified atom stereocenters. The zero-order valence-corrected chi connectivity index (χ0v) is 20.1. The number of rotatable bonds is 6. The largest absolute Gasteiger partial charge is 0.303 e. The van der Waals surface area contributed by atoms with Crippen LogP contribution in [0.1, 0.15) is 70.8 Å². The van der Waals surface area contributed by atoms with Crippen molar-refractivity contribution in [3.05, 3.63) is 48.0 Å². The van der Waals surface area contributed by atoms with Gasteiger partial charge in [0.15, 0.2) is 0 Å². The van der Waals surface area contributed by atoms with E-state index in [9.17, 15) is 0 Å². The van der Waals surface area contributed by atoms with Crippen LogP contribution in [0, 0.1) is 16.7 Å². The Hall–Kier alpha value is -1.38. The Balaban J connectivity index is 1.06. The molecule has 3 fully saturated rings. The van der Waals surface area contributed by atoms with E-state index in [1.165, 1.54) is 88.6 Å². The van der Waals surface area contributed by atoms with Crippen LogP contribution in [0.15, 0.2) is 42.5 Å². The minimum absolute atomic E-state index is 0.540. The number of likely N-dealkylation sites (tertiary alicyclic amines) is 2. The van der Waals surface area contributed by atoms with Crippen molar-refractivity contribution in [1.82, 2.24) is 9.80 Å². The lowest BCUT2D eigenvalue weighted by Gasteiger charge is -2.50. The van der Waals surface area contributed by atoms with Crippen LogP contribution in [0.4, 0.5) is 0 Å². The second-order valence-corrected chi connectivity index (χ2v) is 11.6. The van der Waals surface area contributed by atoms with Gasteiger partial charge in [0.2, 0.25) is 0 Å². The molecule has 2 bridgehead atoms. The van der Waals surface area contributed by atoms with Crippen LogP contribution in [0.3, 0.4) is 0 Å². The summed E-state index contributed by atoms with van der Waals surface area (Å²) in [6.45, 7) is 15.4. The highest BCUT2D eigenvalue weighted by atomic mass is 15.2. The van der Waals surface area contributed by atoms with Gasteiger partial charge in [0.1, 0.15) is 0 Å². The molecular weight excluding hydrogens is 376 g/mol. The van der Waals surface area contributed by atoms with E-state index in [1.807, 2.05) is 0 Å². The standard InChI is InChI=1S/C29H42N2/c1-28(2)25-13-16-29(28,3)22-31(21-25)18-7-6-17-30-19-14-24(15-20-30)27-12-8-10-23-9-4-5-11-26(23)27/h4-5,8-12,24-25H,6-7,13-22H2,1-3H3. The van der Waals surface area contributed by atoms with E-state index >= 15 is 0 Å². The monoisotopic (exact) mass is 418 g/mol. The molecular formula is C29H42N2. The van der Waals surface area contributed by atoms with Crippen molar-refractivity contribution >= 4 is 10.8 Å². The Bertz CT molecular complexity index is 889. The summed E-state index contributed by atoms with van der Waals surface area (Å²) in [5.74, 6) is 1.65. The molecule has 0 radical (unpaired) electrons. The lowest BCUT2D eigenvalue weighted by Crippen LogP contribution is -2.52. The highest BCUT2D eigenvalue weighted by molar-refractivity contribution is 5.86. The molecule has 2 aliphatic heterocycles. The van der Waals surface area contributed by atoms with E-state index in [2.05, 4.69) is 73.0 Å². The van der Waals surface area contributed by atoms with Gasteiger partial charge in [-0.3, -0.25) is 0 Å². The number of piperidine rings is 2. The van der Waals surface area contributed by atoms with Crippen LogP contribution in [-0.4, -0.2) is 49.1 Å². The first-order valence-electron chi connectivity index (χ1n) is 12.9. The topological polar surface area (TPSA) is 6.48 Å². The van der Waals surface area contributed by atoms with Crippen molar-refractivity contribution < 1.29 is 0 Å². The lowest BCUT2D eigenvalue weighted by molar-refractivity contribution is -0.0181. The molecule has 0 spiro atoms. The summed E-state index contributed by atoms with van der Waals surface area (Å²) in [6, 6.07) is 15.8. The molecule has 3 aliphatic rings. The number of fused-ring (bicyclic) bond motifs is 3. The normalized spacial score (nSPS) is 29.6. The van der Waals surface area contributed by atoms with Gasteiger partial charge in [0, 0.05) is 13.1 Å². The van der Waals surface area contributed by atoms with E-state index < -0.39 is 0 Å². The second-order valence-electron chi connectivity index (χ2n) is 11.6. The molecule has 1 aliphatic carbocycles. The van der Waals surface area contributed by atoms with E-state index in [1.54, 1.807) is 5.56 Å². The number of unbranched alkanes of at least 4 members (excludes halogenated alkanes) is 1. The summed E-state index contributed by atoms with van der Waals surface area (Å²) in [4.78, 5) is 5.53. The summed E-state index contributed by atoms with van der Waals surface area (Å²) in [6.07, 6.45) is 8.25. The number of benzene rings is 2. The molecule has 2 nitrogen and oxygen atoms in total. The summed E-state index contributed by atoms with van der Waals surface area (Å²) in [5.41, 5.74) is 2.66. The van der Waals surface area contributed by atoms with Crippen molar-refractivity contribution in [3.8, 4) is 0 Å². The fourth-order valence-electron chi connectivity index (χ4n) is 7.06. The quantitative estimate of drug-likeness (QED) is 0.490. The molecule has 31 heavy (non-hydrogen) atoms. The van der Waals surface area contributed by atoms with Crippen molar-refractivity contribution in [1.29, 1.82) is 0 Å². The van der Waals surface area contributed by atoms with Crippen molar-refractivity contribution in [3.63, 3.8) is 0 Å². The second kappa shape index (κ2) is 8.52. The first-order chi connectivity index (χ1) is 15.0. The molecule has 0 aromatic heterocycles. The van der Waals surface area contributed by atoms with E-state index in [4.69, 9.17) is 0 Å². The van der Waals surface area contributed by atoms with Gasteiger partial charge in [-0.25, -0.2) is 0 Å². The van der Waals surface area contributed by atoms with Gasteiger partial charge in [0.25, 0.3) is 0 Å². The van der Waals surface area contributed by atoms with Crippen molar-refractivity contribution in [2.45, 2.75) is 65.2 Å². The molecule has 2 aromatic carbocycles. The SMILES string of the molecule is CC12CCC(CN(CCCCN3CCC(c4cccc5ccccc45)CC3)C1)C2(C)C. The van der Waals surface area contributed by atoms with Crippen LogP contribution in [0.5, 0.6) is 0 Å². The predicted molar refractivity (Wildman–Crippen MR) is 133 cm³/mol. The Morgan fingerprint density at radius 3 is 2.32 bits per heavy atom. The van der Waals surface area contributed by atoms with E-state index in [0.29, 0.717) is 10.8 Å². The van der Waals surface area contributed by atoms with Gasteiger partial charge in [-0.2, -0.15) is 0 Å². The molecule has 168 valence electrons. The maximum atomic E-state index is 2.80. The Morgan fingerprint density at radius 1 is 0.839 bits per heavy atom. The Kier molecular flexibility index (Phi) is 5.90. The first kappa shape index (κ1) is 21.5. The van der Waals surface area contributed by atoms with Crippen LogP contribution in [0.25, 0.3) is 10.8 Å². The fraction of sp³-hybridized carbons (Fsp3) is 0.655. The third-order valence-corrected chi connectivity index (χ3v) is 9.72. The van der Waals surface area contributed by atoms with Crippen LogP contribution < -0.4 is 0 Å². The highest BCUT2D eigenvalue weighted by Gasteiger charge is 2.55. The Labute approximate surface area is 190 Å². The molecule has 2 heteroatoms. The van der Waals surface area contributed by atoms with Crippen molar-refractivity contribution in [2.75, 3.05) is 39.3 Å². The molecule has 2 atom stereocenters. The van der Waals surface area contributed by atoms with E-state index in [0.717, 1.165) is 11.8 Å². The maximum Gasteiger partial charge on any atom is 0.00407 e. The molecule has 2 aromatic rings. The summed E-state index contributed by atoms with van der Waals surface area (Å²) in [7, 11) is 0. The highest BCUT2D eigenvalue weighted by Crippen LogP contribution is 2.58. The zero-order valence-electron chi connectivity index (χ0n) is 20.1. The van der Waals surface area contributed by atoms with Crippen LogP contribution in [0.2, 0.25) is 0 Å². The van der Waals surface area contributed by atoms with Gasteiger partial charge in [-0.1, -0.05) is 63.2 Å². The molecule has 2 saturated heterocycles. The van der Waals surface area contributed by atoms with Gasteiger partial charge in [-0.15, -0.1) is 0 Å². The number of hydrogen-bond acceptors (Lipinski definition) is 2. The number of hydrogen-bond donors (Lipinski definition) is 0. The van der Waals surface area contributed by atoms with Gasteiger partial charge < -0.3 is 9.80 Å². The first-order valence-corrected chi connectivity index (χ1v) is 12.9. The predicted octanol–water partition coefficient (Wildman–Crippen LogP) is 6.56. The minimum atomic E-state index is 0.540. The summed E-state index contributed by atoms with van der Waals surface area (Å²) < 4.78 is 0. The smallest absolute Gasteiger partial charge is 0.00407 e. The van der Waals surface area contributed by atoms with Crippen LogP contribution in [-0.2, 0) is 0 Å². The van der Waals surface area contributed by atoms with Gasteiger partial charge >= 0.3 is 0 Å². The fourth-order valence-corrected chi connectivity index (χ4v) is 7.06. The van der Waals surface area contributed by atoms with Crippen LogP contribution >= 0.6 is 0 Å². The summed E-state index contributed by atoms with van der Waals surface area (Å²) >= 11 is 0. The lowest BCUT2D eigenvalue weighted by atomic mass is 9.63. The third-order valence-electron chi connectivity index (χ3n) is 9.72.